The Kier molecular flexibility index (Phi) is 6.66. The van der Waals surface area contributed by atoms with Gasteiger partial charge in [-0.15, -0.1) is 0 Å². The van der Waals surface area contributed by atoms with Gasteiger partial charge in [0.15, 0.2) is 0 Å². The normalized spacial score (nSPS) is 10.2. The zero-order valence-electron chi connectivity index (χ0n) is 15.8. The third-order valence-corrected chi connectivity index (χ3v) is 5.16. The maximum atomic E-state index is 13.0. The molecule has 2 N–H and O–H groups in total. The number of nitrogens with zero attached hydrogens (tertiary/aromatic N) is 1. The van der Waals surface area contributed by atoms with Gasteiger partial charge in [-0.25, -0.2) is 0 Å². The summed E-state index contributed by atoms with van der Waals surface area (Å²) >= 11 is 1.28. The van der Waals surface area contributed by atoms with Crippen molar-refractivity contribution in [3.63, 3.8) is 0 Å². The van der Waals surface area contributed by atoms with Gasteiger partial charge in [-0.3, -0.25) is 19.7 Å². The van der Waals surface area contributed by atoms with Crippen molar-refractivity contribution in [1.29, 1.82) is 0 Å². The molecule has 8 nitrogen and oxygen atoms in total. The van der Waals surface area contributed by atoms with E-state index in [1.54, 1.807) is 54.6 Å². The number of nitro benzene ring substituents is 1. The number of benzene rings is 3. The molecule has 0 bridgehead atoms. The van der Waals surface area contributed by atoms with Gasteiger partial charge in [0.25, 0.3) is 11.6 Å². The lowest BCUT2D eigenvalue weighted by molar-refractivity contribution is -0.384. The smallest absolute Gasteiger partial charge is 0.269 e. The average Bonchev–Trinajstić information content (AvgIpc) is 2.75. The van der Waals surface area contributed by atoms with E-state index in [-0.39, 0.29) is 5.69 Å². The zero-order chi connectivity index (χ0) is 21.5. The Morgan fingerprint density at radius 2 is 1.83 bits per heavy atom. The maximum Gasteiger partial charge on any atom is 0.269 e. The summed E-state index contributed by atoms with van der Waals surface area (Å²) in [7, 11) is 1.51. The summed E-state index contributed by atoms with van der Waals surface area (Å²) in [4.78, 5) is 35.5. The van der Waals surface area contributed by atoms with Gasteiger partial charge in [0, 0.05) is 27.6 Å². The fraction of sp³-hybridized carbons (Fsp3) is 0.0476. The summed E-state index contributed by atoms with van der Waals surface area (Å²) in [6.07, 6.45) is 0.528. The predicted octanol–water partition coefficient (Wildman–Crippen LogP) is 4.58. The molecular formula is C21H17N3O5S. The van der Waals surface area contributed by atoms with Gasteiger partial charge in [0.1, 0.15) is 5.75 Å². The summed E-state index contributed by atoms with van der Waals surface area (Å²) in [6.45, 7) is 0. The first kappa shape index (κ1) is 20.9. The van der Waals surface area contributed by atoms with Crippen molar-refractivity contribution in [2.75, 3.05) is 17.7 Å². The molecule has 3 aromatic carbocycles. The number of amides is 2. The Morgan fingerprint density at radius 1 is 1.10 bits per heavy atom. The molecule has 2 amide bonds. The molecule has 0 spiro atoms. The van der Waals surface area contributed by atoms with E-state index in [1.807, 2.05) is 0 Å². The summed E-state index contributed by atoms with van der Waals surface area (Å²) in [5.41, 5.74) is 1.28. The van der Waals surface area contributed by atoms with Crippen LogP contribution in [-0.4, -0.2) is 24.4 Å². The largest absolute Gasteiger partial charge is 0.495 e. The number of hydrogen-bond donors (Lipinski definition) is 2. The molecule has 0 aliphatic heterocycles. The number of non-ortho nitro benzene ring substituents is 1. The molecule has 0 saturated heterocycles. The first-order valence-corrected chi connectivity index (χ1v) is 9.54. The fourth-order valence-corrected chi connectivity index (χ4v) is 3.58. The molecule has 0 aromatic heterocycles. The molecule has 0 fully saturated rings. The first-order valence-electron chi connectivity index (χ1n) is 8.72. The van der Waals surface area contributed by atoms with Gasteiger partial charge in [-0.05, 0) is 42.5 Å². The van der Waals surface area contributed by atoms with Crippen molar-refractivity contribution in [2.24, 2.45) is 0 Å². The van der Waals surface area contributed by atoms with Crippen LogP contribution in [-0.2, 0) is 4.79 Å². The van der Waals surface area contributed by atoms with Crippen molar-refractivity contribution >= 4 is 41.1 Å². The van der Waals surface area contributed by atoms with E-state index >= 15 is 0 Å². The molecule has 0 aliphatic carbocycles. The molecule has 0 radical (unpaired) electrons. The van der Waals surface area contributed by atoms with Crippen LogP contribution in [0.1, 0.15) is 10.4 Å². The van der Waals surface area contributed by atoms with Crippen molar-refractivity contribution in [2.45, 2.75) is 9.79 Å². The second-order valence-electron chi connectivity index (χ2n) is 5.98. The third-order valence-electron chi connectivity index (χ3n) is 4.08. The lowest BCUT2D eigenvalue weighted by Crippen LogP contribution is -2.14. The monoisotopic (exact) mass is 423 g/mol. The fourth-order valence-electron chi connectivity index (χ4n) is 2.65. The standard InChI is InChI=1S/C21H17N3O5S/c1-29-19-5-3-2-4-18(19)23-21(26)17-12-14(22-13-25)6-11-20(17)30-16-9-7-15(8-10-16)24(27)28/h2-13H,1H3,(H,22,25)(H,23,26). The first-order chi connectivity index (χ1) is 14.5. The lowest BCUT2D eigenvalue weighted by Gasteiger charge is -2.13. The number of carbonyl (C=O) groups excluding carboxylic acids is 2. The number of methoxy groups -OCH3 is 1. The van der Waals surface area contributed by atoms with Crippen molar-refractivity contribution in [3.05, 3.63) is 82.4 Å². The molecule has 152 valence electrons. The number of hydrogen-bond acceptors (Lipinski definition) is 6. The molecule has 0 heterocycles. The van der Waals surface area contributed by atoms with E-state index in [2.05, 4.69) is 10.6 Å². The lowest BCUT2D eigenvalue weighted by atomic mass is 10.1. The topological polar surface area (TPSA) is 111 Å². The SMILES string of the molecule is COc1ccccc1NC(=O)c1cc(NC=O)ccc1Sc1ccc([N+](=O)[O-])cc1. The zero-order valence-corrected chi connectivity index (χ0v) is 16.6. The Bertz CT molecular complexity index is 1090. The molecule has 0 aliphatic rings. The van der Waals surface area contributed by atoms with Crippen molar-refractivity contribution in [1.82, 2.24) is 0 Å². The van der Waals surface area contributed by atoms with E-state index in [0.717, 1.165) is 4.90 Å². The van der Waals surface area contributed by atoms with E-state index in [0.29, 0.717) is 34.0 Å². The number of anilines is 2. The van der Waals surface area contributed by atoms with E-state index in [4.69, 9.17) is 4.74 Å². The summed E-state index contributed by atoms with van der Waals surface area (Å²) in [5, 5.41) is 16.2. The molecule has 30 heavy (non-hydrogen) atoms. The van der Waals surface area contributed by atoms with Gasteiger partial charge in [-0.2, -0.15) is 0 Å². The molecule has 0 saturated carbocycles. The van der Waals surface area contributed by atoms with Crippen LogP contribution in [0.4, 0.5) is 17.1 Å². The van der Waals surface area contributed by atoms with E-state index < -0.39 is 10.8 Å². The van der Waals surface area contributed by atoms with Crippen molar-refractivity contribution < 1.29 is 19.2 Å². The highest BCUT2D eigenvalue weighted by Gasteiger charge is 2.16. The van der Waals surface area contributed by atoms with Crippen LogP contribution in [0.5, 0.6) is 5.75 Å². The van der Waals surface area contributed by atoms with Gasteiger partial charge in [0.2, 0.25) is 6.41 Å². The molecule has 3 aromatic rings. The van der Waals surface area contributed by atoms with Gasteiger partial charge in [0.05, 0.1) is 23.3 Å². The maximum absolute atomic E-state index is 13.0. The van der Waals surface area contributed by atoms with Gasteiger partial charge in [-0.1, -0.05) is 23.9 Å². The molecule has 0 unspecified atom stereocenters. The summed E-state index contributed by atoms with van der Waals surface area (Å²) in [6, 6.07) is 18.0. The number of nitro groups is 1. The highest BCUT2D eigenvalue weighted by Crippen LogP contribution is 2.34. The highest BCUT2D eigenvalue weighted by atomic mass is 32.2. The van der Waals surface area contributed by atoms with E-state index in [9.17, 15) is 19.7 Å². The summed E-state index contributed by atoms with van der Waals surface area (Å²) in [5.74, 6) is 0.121. The minimum absolute atomic E-state index is 0.0148. The third kappa shape index (κ3) is 4.95. The van der Waals surface area contributed by atoms with Crippen LogP contribution in [0, 0.1) is 10.1 Å². The summed E-state index contributed by atoms with van der Waals surface area (Å²) < 4.78 is 5.27. The second kappa shape index (κ2) is 9.57. The van der Waals surface area contributed by atoms with Crippen LogP contribution >= 0.6 is 11.8 Å². The molecule has 9 heteroatoms. The van der Waals surface area contributed by atoms with Crippen LogP contribution in [0.15, 0.2) is 76.5 Å². The average molecular weight is 423 g/mol. The Labute approximate surface area is 176 Å². The highest BCUT2D eigenvalue weighted by molar-refractivity contribution is 7.99. The Hall–Kier alpha value is -3.85. The number of nitrogens with one attached hydrogen (secondary N) is 2. The minimum atomic E-state index is -0.472. The van der Waals surface area contributed by atoms with Crippen LogP contribution in [0.2, 0.25) is 0 Å². The van der Waals surface area contributed by atoms with E-state index in [1.165, 1.54) is 31.0 Å². The molecule has 0 atom stereocenters. The second-order valence-corrected chi connectivity index (χ2v) is 7.10. The number of ether oxygens (including phenoxy) is 1. The quantitative estimate of drug-likeness (QED) is 0.312. The number of para-hydroxylation sites is 2. The number of rotatable bonds is 8. The van der Waals surface area contributed by atoms with Gasteiger partial charge < -0.3 is 15.4 Å². The predicted molar refractivity (Wildman–Crippen MR) is 114 cm³/mol. The van der Waals surface area contributed by atoms with Gasteiger partial charge >= 0.3 is 0 Å². The Balaban J connectivity index is 1.92. The van der Waals surface area contributed by atoms with Crippen LogP contribution in [0.3, 0.4) is 0 Å². The number of carbonyl (C=O) groups is 2. The minimum Gasteiger partial charge on any atom is -0.495 e. The molecule has 3 rings (SSSR count). The molecular weight excluding hydrogens is 406 g/mol. The van der Waals surface area contributed by atoms with Crippen LogP contribution < -0.4 is 15.4 Å². The Morgan fingerprint density at radius 3 is 2.50 bits per heavy atom. The van der Waals surface area contributed by atoms with Crippen molar-refractivity contribution in [3.8, 4) is 5.75 Å². The van der Waals surface area contributed by atoms with Crippen LogP contribution in [0.25, 0.3) is 0 Å².